The first-order chi connectivity index (χ1) is 8.95. The van der Waals surface area contributed by atoms with Crippen molar-refractivity contribution in [3.8, 4) is 0 Å². The molecule has 7 heteroatoms. The van der Waals surface area contributed by atoms with Gasteiger partial charge in [-0.2, -0.15) is 0 Å². The van der Waals surface area contributed by atoms with Crippen LogP contribution in [0.5, 0.6) is 0 Å². The highest BCUT2D eigenvalue weighted by molar-refractivity contribution is 6.31. The van der Waals surface area contributed by atoms with Crippen molar-refractivity contribution in [2.75, 3.05) is 7.05 Å². The Hall–Kier alpha value is -1.33. The van der Waals surface area contributed by atoms with Crippen LogP contribution in [0.25, 0.3) is 11.2 Å². The van der Waals surface area contributed by atoms with Gasteiger partial charge in [-0.05, 0) is 19.9 Å². The molecule has 2 aromatic rings. The van der Waals surface area contributed by atoms with Gasteiger partial charge in [0.1, 0.15) is 17.4 Å². The molecule has 19 heavy (non-hydrogen) atoms. The Morgan fingerprint density at radius 2 is 2.16 bits per heavy atom. The maximum Gasteiger partial charge on any atom is 0.242 e. The zero-order valence-corrected chi connectivity index (χ0v) is 12.3. The van der Waals surface area contributed by atoms with Crippen LogP contribution in [0.15, 0.2) is 12.3 Å². The van der Waals surface area contributed by atoms with Gasteiger partial charge in [0.25, 0.3) is 0 Å². The summed E-state index contributed by atoms with van der Waals surface area (Å²) in [5, 5.41) is 2.78. The second kappa shape index (κ2) is 5.35. The quantitative estimate of drug-likeness (QED) is 0.887. The molecular weight excluding hydrogens is 287 g/mol. The van der Waals surface area contributed by atoms with E-state index in [4.69, 9.17) is 23.2 Å². The number of amides is 1. The van der Waals surface area contributed by atoms with Crippen molar-refractivity contribution in [2.24, 2.45) is 0 Å². The van der Waals surface area contributed by atoms with Gasteiger partial charge in [-0.3, -0.25) is 9.36 Å². The van der Waals surface area contributed by atoms with E-state index in [-0.39, 0.29) is 11.3 Å². The fourth-order valence-electron chi connectivity index (χ4n) is 1.96. The van der Waals surface area contributed by atoms with Crippen molar-refractivity contribution in [3.63, 3.8) is 0 Å². The molecule has 0 aliphatic heterocycles. The van der Waals surface area contributed by atoms with Crippen molar-refractivity contribution in [2.45, 2.75) is 25.3 Å². The summed E-state index contributed by atoms with van der Waals surface area (Å²) in [7, 11) is 1.59. The van der Waals surface area contributed by atoms with Crippen molar-refractivity contribution in [1.29, 1.82) is 0 Å². The van der Waals surface area contributed by atoms with Gasteiger partial charge < -0.3 is 5.32 Å². The minimum Gasteiger partial charge on any atom is -0.357 e. The smallest absolute Gasteiger partial charge is 0.242 e. The van der Waals surface area contributed by atoms with E-state index >= 15 is 0 Å². The molecule has 0 radical (unpaired) electrons. The summed E-state index contributed by atoms with van der Waals surface area (Å²) in [5.74, 6) is 0.470. The molecule has 0 aliphatic carbocycles. The summed E-state index contributed by atoms with van der Waals surface area (Å²) >= 11 is 12.0. The number of imidazole rings is 1. The maximum atomic E-state index is 11.8. The summed E-state index contributed by atoms with van der Waals surface area (Å²) in [6.07, 6.45) is 1.53. The third-order valence-electron chi connectivity index (χ3n) is 2.89. The summed E-state index contributed by atoms with van der Waals surface area (Å²) < 4.78 is 1.74. The average molecular weight is 301 g/mol. The second-order valence-electron chi connectivity index (χ2n) is 4.24. The molecular formula is C12H14Cl2N4O. The predicted molar refractivity (Wildman–Crippen MR) is 75.6 cm³/mol. The molecule has 2 unspecified atom stereocenters. The van der Waals surface area contributed by atoms with Crippen LogP contribution in [0.2, 0.25) is 5.02 Å². The molecule has 0 aliphatic rings. The first-order valence-electron chi connectivity index (χ1n) is 5.84. The molecule has 0 spiro atoms. The van der Waals surface area contributed by atoms with Gasteiger partial charge >= 0.3 is 0 Å². The number of hydrogen-bond acceptors (Lipinski definition) is 3. The zero-order chi connectivity index (χ0) is 14.2. The molecule has 0 saturated carbocycles. The van der Waals surface area contributed by atoms with Crippen LogP contribution in [-0.4, -0.2) is 27.5 Å². The number of fused-ring (bicyclic) bond motifs is 1. The maximum absolute atomic E-state index is 11.8. The second-order valence-corrected chi connectivity index (χ2v) is 5.33. The first kappa shape index (κ1) is 14.1. The summed E-state index contributed by atoms with van der Waals surface area (Å²) in [6, 6.07) is 1.26. The van der Waals surface area contributed by atoms with Gasteiger partial charge in [0.2, 0.25) is 5.91 Å². The molecule has 0 fully saturated rings. The Labute approximate surface area is 120 Å². The Kier molecular flexibility index (Phi) is 3.96. The van der Waals surface area contributed by atoms with E-state index in [1.54, 1.807) is 31.5 Å². The first-order valence-corrected chi connectivity index (χ1v) is 6.66. The van der Waals surface area contributed by atoms with Crippen molar-refractivity contribution < 1.29 is 4.79 Å². The monoisotopic (exact) mass is 300 g/mol. The summed E-state index contributed by atoms with van der Waals surface area (Å²) in [5.41, 5.74) is 1.23. The molecule has 0 aromatic carbocycles. The van der Waals surface area contributed by atoms with Crippen LogP contribution in [0, 0.1) is 0 Å². The largest absolute Gasteiger partial charge is 0.357 e. The van der Waals surface area contributed by atoms with E-state index < -0.39 is 6.04 Å². The number of halogens is 2. The van der Waals surface area contributed by atoms with Gasteiger partial charge in [0, 0.05) is 13.2 Å². The molecule has 1 N–H and O–H groups in total. The number of pyridine rings is 1. The molecule has 2 rings (SSSR count). The number of nitrogens with one attached hydrogen (secondary N) is 1. The summed E-state index contributed by atoms with van der Waals surface area (Å²) in [4.78, 5) is 20.5. The number of hydrogen-bond donors (Lipinski definition) is 1. The molecule has 2 heterocycles. The van der Waals surface area contributed by atoms with Crippen LogP contribution in [0.1, 0.15) is 31.1 Å². The lowest BCUT2D eigenvalue weighted by atomic mass is 10.3. The molecule has 5 nitrogen and oxygen atoms in total. The third-order valence-corrected chi connectivity index (χ3v) is 3.29. The van der Waals surface area contributed by atoms with Gasteiger partial charge in [0.05, 0.1) is 10.4 Å². The molecule has 2 atom stereocenters. The molecule has 0 saturated heterocycles. The van der Waals surface area contributed by atoms with Crippen LogP contribution in [-0.2, 0) is 4.79 Å². The van der Waals surface area contributed by atoms with Gasteiger partial charge in [-0.25, -0.2) is 9.97 Å². The van der Waals surface area contributed by atoms with Crippen molar-refractivity contribution in [3.05, 3.63) is 23.1 Å². The topological polar surface area (TPSA) is 59.8 Å². The fourth-order valence-corrected chi connectivity index (χ4v) is 2.27. The van der Waals surface area contributed by atoms with Crippen molar-refractivity contribution >= 4 is 40.3 Å². The van der Waals surface area contributed by atoms with Crippen LogP contribution < -0.4 is 5.32 Å². The number of alkyl halides is 1. The van der Waals surface area contributed by atoms with E-state index in [1.807, 2.05) is 0 Å². The van der Waals surface area contributed by atoms with Gasteiger partial charge in [-0.15, -0.1) is 11.6 Å². The lowest BCUT2D eigenvalue weighted by Crippen LogP contribution is -2.29. The number of likely N-dealkylation sites (N-methyl/N-ethyl adjacent to an activating group) is 1. The summed E-state index contributed by atoms with van der Waals surface area (Å²) in [6.45, 7) is 3.58. The van der Waals surface area contributed by atoms with E-state index in [0.717, 1.165) is 0 Å². The van der Waals surface area contributed by atoms with E-state index in [1.165, 1.54) is 6.20 Å². The highest BCUT2D eigenvalue weighted by Gasteiger charge is 2.23. The van der Waals surface area contributed by atoms with E-state index in [2.05, 4.69) is 15.3 Å². The number of carbonyl (C=O) groups excluding carboxylic acids is 1. The van der Waals surface area contributed by atoms with Crippen molar-refractivity contribution in [1.82, 2.24) is 19.9 Å². The Balaban J connectivity index is 2.68. The lowest BCUT2D eigenvalue weighted by molar-refractivity contribution is -0.123. The molecule has 0 bridgehead atoms. The average Bonchev–Trinajstić information content (AvgIpc) is 2.75. The van der Waals surface area contributed by atoms with Crippen LogP contribution >= 0.6 is 23.2 Å². The number of aromatic nitrogens is 3. The van der Waals surface area contributed by atoms with Gasteiger partial charge in [0.15, 0.2) is 5.65 Å². The lowest BCUT2D eigenvalue weighted by Gasteiger charge is -2.16. The van der Waals surface area contributed by atoms with Crippen LogP contribution in [0.3, 0.4) is 0 Å². The molecule has 102 valence electrons. The minimum absolute atomic E-state index is 0.130. The Bertz CT molecular complexity index is 623. The Morgan fingerprint density at radius 1 is 1.47 bits per heavy atom. The highest BCUT2D eigenvalue weighted by atomic mass is 35.5. The molecule has 2 aromatic heterocycles. The Morgan fingerprint density at radius 3 is 2.74 bits per heavy atom. The SMILES string of the molecule is CNC(=O)C(C)n1c(C(C)Cl)nc2cc(Cl)cnc21. The zero-order valence-electron chi connectivity index (χ0n) is 10.8. The number of carbonyl (C=O) groups is 1. The van der Waals surface area contributed by atoms with Crippen LogP contribution in [0.4, 0.5) is 0 Å². The van der Waals surface area contributed by atoms with E-state index in [9.17, 15) is 4.79 Å². The molecule has 1 amide bonds. The van der Waals surface area contributed by atoms with E-state index in [0.29, 0.717) is 22.0 Å². The third kappa shape index (κ3) is 2.53. The normalized spacial score (nSPS) is 14.4. The standard InChI is InChI=1S/C12H14Cl2N4O/c1-6(13)10-17-9-4-8(14)5-16-11(9)18(10)7(2)12(19)15-3/h4-7H,1-3H3,(H,15,19). The fraction of sp³-hybridized carbons (Fsp3) is 0.417. The number of rotatable bonds is 3. The minimum atomic E-state index is -0.445. The number of nitrogens with zero attached hydrogens (tertiary/aromatic N) is 3. The highest BCUT2D eigenvalue weighted by Crippen LogP contribution is 2.28. The van der Waals surface area contributed by atoms with Gasteiger partial charge in [-0.1, -0.05) is 11.6 Å². The predicted octanol–water partition coefficient (Wildman–Crippen LogP) is 2.69.